The Balaban J connectivity index is 1.96. The Morgan fingerprint density at radius 1 is 1.28 bits per heavy atom. The summed E-state index contributed by atoms with van der Waals surface area (Å²) in [7, 11) is 1.52. The third-order valence-electron chi connectivity index (χ3n) is 3.70. The van der Waals surface area contributed by atoms with Gasteiger partial charge in [0.15, 0.2) is 11.5 Å². The molecule has 152 valence electrons. The molecular formula is C17H15F3N6O3. The van der Waals surface area contributed by atoms with Crippen LogP contribution < -0.4 is 10.1 Å². The lowest BCUT2D eigenvalue weighted by molar-refractivity contribution is -0.141. The number of anilines is 1. The van der Waals surface area contributed by atoms with E-state index in [0.29, 0.717) is 11.6 Å². The first-order chi connectivity index (χ1) is 13.7. The quantitative estimate of drug-likeness (QED) is 0.613. The van der Waals surface area contributed by atoms with Crippen molar-refractivity contribution >= 4 is 11.7 Å². The minimum absolute atomic E-state index is 0.145. The van der Waals surface area contributed by atoms with Crippen molar-refractivity contribution in [3.63, 3.8) is 0 Å². The van der Waals surface area contributed by atoms with E-state index < -0.39 is 29.3 Å². The molecule has 0 aliphatic heterocycles. The lowest BCUT2D eigenvalue weighted by Crippen LogP contribution is -2.16. The van der Waals surface area contributed by atoms with E-state index in [0.717, 1.165) is 4.80 Å². The van der Waals surface area contributed by atoms with Gasteiger partial charge in [-0.1, -0.05) is 30.3 Å². The number of aromatic nitrogens is 5. The average Bonchev–Trinajstić information content (AvgIpc) is 3.09. The Labute approximate surface area is 162 Å². The van der Waals surface area contributed by atoms with Crippen molar-refractivity contribution in [2.24, 2.45) is 7.05 Å². The van der Waals surface area contributed by atoms with Crippen molar-refractivity contribution < 1.29 is 27.8 Å². The zero-order valence-corrected chi connectivity index (χ0v) is 15.0. The lowest BCUT2D eigenvalue weighted by atomic mass is 10.1. The molecule has 0 aliphatic carbocycles. The lowest BCUT2D eigenvalue weighted by Gasteiger charge is -2.16. The first-order valence-corrected chi connectivity index (χ1v) is 8.23. The molecule has 29 heavy (non-hydrogen) atoms. The summed E-state index contributed by atoms with van der Waals surface area (Å²) in [6.07, 6.45) is -4.80. The van der Waals surface area contributed by atoms with E-state index in [-0.39, 0.29) is 24.7 Å². The molecular weight excluding hydrogens is 393 g/mol. The Morgan fingerprint density at radius 3 is 2.59 bits per heavy atom. The normalized spacial score (nSPS) is 11.3. The van der Waals surface area contributed by atoms with Crippen LogP contribution in [0.4, 0.5) is 18.9 Å². The summed E-state index contributed by atoms with van der Waals surface area (Å²) >= 11 is 0. The number of benzene rings is 1. The maximum Gasteiger partial charge on any atom is 0.433 e. The van der Waals surface area contributed by atoms with Gasteiger partial charge in [-0.15, -0.1) is 10.2 Å². The molecule has 0 unspecified atom stereocenters. The molecule has 0 saturated carbocycles. The number of hydrogen-bond donors (Lipinski definition) is 2. The molecule has 0 fully saturated rings. The van der Waals surface area contributed by atoms with Crippen LogP contribution in [-0.2, 0) is 26.4 Å². The van der Waals surface area contributed by atoms with Gasteiger partial charge in [-0.25, -0.2) is 9.78 Å². The zero-order valence-electron chi connectivity index (χ0n) is 15.0. The molecule has 12 heteroatoms. The SMILES string of the molecule is Cn1nnc(CNc2cc(C(F)(F)F)nc(OCc3ccccc3)c2C(=O)O)n1. The number of carboxylic acid groups (broad SMARTS) is 1. The van der Waals surface area contributed by atoms with Crippen LogP contribution in [0.15, 0.2) is 36.4 Å². The molecule has 0 saturated heterocycles. The number of ether oxygens (including phenoxy) is 1. The second-order valence-electron chi connectivity index (χ2n) is 5.86. The maximum absolute atomic E-state index is 13.3. The van der Waals surface area contributed by atoms with Gasteiger partial charge in [0.2, 0.25) is 5.88 Å². The van der Waals surface area contributed by atoms with Gasteiger partial charge in [-0.2, -0.15) is 18.0 Å². The van der Waals surface area contributed by atoms with Crippen LogP contribution >= 0.6 is 0 Å². The standard InChI is InChI=1S/C17H15F3N6O3/c1-26-24-13(23-25-26)8-21-11-7-12(17(18,19)20)22-15(14(11)16(27)28)29-9-10-5-3-2-4-6-10/h2-7H,8-9H2,1H3,(H,21,22)(H,27,28). The summed E-state index contributed by atoms with van der Waals surface area (Å²) in [5.74, 6) is -1.98. The number of carboxylic acids is 1. The molecule has 1 aromatic carbocycles. The first-order valence-electron chi connectivity index (χ1n) is 8.23. The molecule has 2 heterocycles. The van der Waals surface area contributed by atoms with Crippen molar-refractivity contribution in [3.8, 4) is 5.88 Å². The molecule has 0 amide bonds. The molecule has 3 aromatic rings. The van der Waals surface area contributed by atoms with Gasteiger partial charge in [-0.05, 0) is 16.8 Å². The van der Waals surface area contributed by atoms with E-state index >= 15 is 0 Å². The number of hydrogen-bond acceptors (Lipinski definition) is 7. The molecule has 0 aliphatic rings. The van der Waals surface area contributed by atoms with E-state index in [1.54, 1.807) is 30.3 Å². The van der Waals surface area contributed by atoms with E-state index in [1.807, 2.05) is 0 Å². The van der Waals surface area contributed by atoms with Crippen LogP contribution in [0.5, 0.6) is 5.88 Å². The van der Waals surface area contributed by atoms with Crippen LogP contribution in [0.25, 0.3) is 0 Å². The van der Waals surface area contributed by atoms with E-state index in [4.69, 9.17) is 4.74 Å². The predicted octanol–water partition coefficient (Wildman–Crippen LogP) is 2.51. The number of tetrazole rings is 1. The van der Waals surface area contributed by atoms with Crippen molar-refractivity contribution in [1.82, 2.24) is 25.2 Å². The highest BCUT2D eigenvalue weighted by Crippen LogP contribution is 2.35. The van der Waals surface area contributed by atoms with Crippen molar-refractivity contribution in [2.75, 3.05) is 5.32 Å². The zero-order chi connectivity index (χ0) is 21.0. The van der Waals surface area contributed by atoms with Gasteiger partial charge in [0.25, 0.3) is 0 Å². The van der Waals surface area contributed by atoms with Gasteiger partial charge >= 0.3 is 12.1 Å². The van der Waals surface area contributed by atoms with E-state index in [9.17, 15) is 23.1 Å². The number of rotatable bonds is 7. The third kappa shape index (κ3) is 4.97. The van der Waals surface area contributed by atoms with Gasteiger partial charge < -0.3 is 15.2 Å². The topological polar surface area (TPSA) is 115 Å². The Hall–Kier alpha value is -3.70. The van der Waals surface area contributed by atoms with E-state index in [1.165, 1.54) is 7.05 Å². The maximum atomic E-state index is 13.3. The van der Waals surface area contributed by atoms with Gasteiger partial charge in [0.05, 0.1) is 19.3 Å². The second-order valence-corrected chi connectivity index (χ2v) is 5.86. The Morgan fingerprint density at radius 2 is 2.00 bits per heavy atom. The fraction of sp³-hybridized carbons (Fsp3) is 0.235. The molecule has 0 bridgehead atoms. The summed E-state index contributed by atoms with van der Waals surface area (Å²) < 4.78 is 45.2. The van der Waals surface area contributed by atoms with E-state index in [2.05, 4.69) is 25.7 Å². The predicted molar refractivity (Wildman–Crippen MR) is 93.1 cm³/mol. The molecule has 0 radical (unpaired) electrons. The summed E-state index contributed by atoms with van der Waals surface area (Å²) in [4.78, 5) is 16.3. The number of nitrogens with one attached hydrogen (secondary N) is 1. The van der Waals surface area contributed by atoms with Gasteiger partial charge in [0, 0.05) is 0 Å². The first kappa shape index (κ1) is 20.0. The van der Waals surface area contributed by atoms with Crippen molar-refractivity contribution in [2.45, 2.75) is 19.3 Å². The number of carbonyl (C=O) groups is 1. The van der Waals surface area contributed by atoms with Gasteiger partial charge in [-0.3, -0.25) is 0 Å². The van der Waals surface area contributed by atoms with Gasteiger partial charge in [0.1, 0.15) is 12.2 Å². The Bertz CT molecular complexity index is 1010. The molecule has 2 N–H and O–H groups in total. The Kier molecular flexibility index (Phi) is 5.61. The largest absolute Gasteiger partial charge is 0.477 e. The van der Waals surface area contributed by atoms with Crippen LogP contribution in [0, 0.1) is 0 Å². The summed E-state index contributed by atoms with van der Waals surface area (Å²) in [6.45, 7) is -0.297. The third-order valence-corrected chi connectivity index (χ3v) is 3.70. The highest BCUT2D eigenvalue weighted by atomic mass is 19.4. The second kappa shape index (κ2) is 8.12. The fourth-order valence-corrected chi connectivity index (χ4v) is 2.41. The van der Waals surface area contributed by atoms with Crippen LogP contribution in [0.2, 0.25) is 0 Å². The molecule has 2 aromatic heterocycles. The number of aromatic carboxylic acids is 1. The van der Waals surface area contributed by atoms with Crippen LogP contribution in [0.3, 0.4) is 0 Å². The van der Waals surface area contributed by atoms with Crippen molar-refractivity contribution in [3.05, 3.63) is 59.0 Å². The smallest absolute Gasteiger partial charge is 0.433 e. The number of alkyl halides is 3. The monoisotopic (exact) mass is 408 g/mol. The van der Waals surface area contributed by atoms with Crippen molar-refractivity contribution in [1.29, 1.82) is 0 Å². The number of halogens is 3. The number of aryl methyl sites for hydroxylation is 1. The number of pyridine rings is 1. The number of nitrogens with zero attached hydrogens (tertiary/aromatic N) is 5. The highest BCUT2D eigenvalue weighted by Gasteiger charge is 2.35. The summed E-state index contributed by atoms with van der Waals surface area (Å²) in [5, 5.41) is 23.3. The molecule has 0 atom stereocenters. The minimum atomic E-state index is -4.80. The molecule has 3 rings (SSSR count). The molecule has 9 nitrogen and oxygen atoms in total. The summed E-state index contributed by atoms with van der Waals surface area (Å²) in [6, 6.07) is 9.18. The average molecular weight is 408 g/mol. The fourth-order valence-electron chi connectivity index (χ4n) is 2.41. The van der Waals surface area contributed by atoms with Crippen LogP contribution in [0.1, 0.15) is 27.4 Å². The summed E-state index contributed by atoms with van der Waals surface area (Å²) in [5.41, 5.74) is -1.50. The molecule has 0 spiro atoms. The van der Waals surface area contributed by atoms with Crippen LogP contribution in [-0.4, -0.2) is 36.3 Å². The minimum Gasteiger partial charge on any atom is -0.477 e. The highest BCUT2D eigenvalue weighted by molar-refractivity contribution is 5.96.